The number of alkyl halides is 3. The number of hydrogen-bond donors (Lipinski definition) is 1. The number of anilines is 1. The molecule has 0 saturated heterocycles. The van der Waals surface area contributed by atoms with Crippen molar-refractivity contribution in [3.05, 3.63) is 5.01 Å². The van der Waals surface area contributed by atoms with Crippen LogP contribution in [-0.4, -0.2) is 26.9 Å². The van der Waals surface area contributed by atoms with Crippen molar-refractivity contribution < 1.29 is 18.0 Å². The molecule has 0 bridgehead atoms. The number of thioether (sulfide) groups is 1. The Morgan fingerprint density at radius 2 is 2.17 bits per heavy atom. The zero-order valence-corrected chi connectivity index (χ0v) is 11.0. The lowest BCUT2D eigenvalue weighted by atomic mass is 10.4. The molecule has 100 valence electrons. The molecule has 1 aromatic heterocycles. The maximum Gasteiger partial charge on any atom is 0.442 e. The Morgan fingerprint density at radius 1 is 1.50 bits per heavy atom. The van der Waals surface area contributed by atoms with Gasteiger partial charge in [0.05, 0.1) is 5.25 Å². The first kappa shape index (κ1) is 13.6. The summed E-state index contributed by atoms with van der Waals surface area (Å²) in [5.74, 6) is -0.300. The van der Waals surface area contributed by atoms with Crippen LogP contribution in [0.1, 0.15) is 30.7 Å². The van der Waals surface area contributed by atoms with E-state index in [1.807, 2.05) is 0 Å². The van der Waals surface area contributed by atoms with Crippen LogP contribution in [0.25, 0.3) is 0 Å². The molecule has 1 saturated carbocycles. The van der Waals surface area contributed by atoms with Gasteiger partial charge in [0.1, 0.15) is 5.01 Å². The highest BCUT2D eigenvalue weighted by Gasteiger charge is 2.34. The summed E-state index contributed by atoms with van der Waals surface area (Å²) in [4.78, 5) is 11.5. The average Bonchev–Trinajstić information content (AvgIpc) is 2.98. The standard InChI is InChI=1S/C9H10F3N3OS2/c1-4(18-9(10,11)12)6(16)13-8-15-14-7(17-8)5-2-3-5/h4-5H,2-3H2,1H3,(H,13,15,16). The lowest BCUT2D eigenvalue weighted by molar-refractivity contribution is -0.115. The fourth-order valence-corrected chi connectivity index (χ4v) is 2.72. The van der Waals surface area contributed by atoms with E-state index in [0.29, 0.717) is 5.92 Å². The predicted molar refractivity (Wildman–Crippen MR) is 63.6 cm³/mol. The number of halogens is 3. The molecule has 1 aliphatic rings. The first-order chi connectivity index (χ1) is 8.35. The zero-order chi connectivity index (χ0) is 13.3. The third-order valence-corrected chi connectivity index (χ3v) is 4.11. The van der Waals surface area contributed by atoms with E-state index in [0.717, 1.165) is 17.8 Å². The van der Waals surface area contributed by atoms with Crippen molar-refractivity contribution in [2.45, 2.75) is 36.4 Å². The normalized spacial score (nSPS) is 17.6. The molecule has 18 heavy (non-hydrogen) atoms. The molecule has 0 aliphatic heterocycles. The number of amides is 1. The predicted octanol–water partition coefficient (Wildman–Crippen LogP) is 3.00. The molecule has 4 nitrogen and oxygen atoms in total. The summed E-state index contributed by atoms with van der Waals surface area (Å²) in [7, 11) is 0. The van der Waals surface area contributed by atoms with Crippen LogP contribution in [0.3, 0.4) is 0 Å². The molecule has 1 heterocycles. The van der Waals surface area contributed by atoms with Crippen LogP contribution in [0.15, 0.2) is 0 Å². The topological polar surface area (TPSA) is 54.9 Å². The Kier molecular flexibility index (Phi) is 3.81. The van der Waals surface area contributed by atoms with Gasteiger partial charge in [-0.3, -0.25) is 10.1 Å². The Bertz CT molecular complexity index is 445. The highest BCUT2D eigenvalue weighted by atomic mass is 32.2. The number of carbonyl (C=O) groups excluding carboxylic acids is 1. The lowest BCUT2D eigenvalue weighted by Gasteiger charge is -2.11. The monoisotopic (exact) mass is 297 g/mol. The van der Waals surface area contributed by atoms with Gasteiger partial charge in [0.2, 0.25) is 11.0 Å². The van der Waals surface area contributed by atoms with Gasteiger partial charge in [0.15, 0.2) is 0 Å². The van der Waals surface area contributed by atoms with Crippen molar-refractivity contribution in [2.75, 3.05) is 5.32 Å². The Morgan fingerprint density at radius 3 is 2.72 bits per heavy atom. The second kappa shape index (κ2) is 5.04. The number of carbonyl (C=O) groups is 1. The van der Waals surface area contributed by atoms with Crippen molar-refractivity contribution in [2.24, 2.45) is 0 Å². The van der Waals surface area contributed by atoms with Crippen LogP contribution in [-0.2, 0) is 4.79 Å². The van der Waals surface area contributed by atoms with Crippen molar-refractivity contribution in [1.82, 2.24) is 10.2 Å². The number of aromatic nitrogens is 2. The maximum atomic E-state index is 12.1. The van der Waals surface area contributed by atoms with Gasteiger partial charge in [-0.15, -0.1) is 10.2 Å². The fraction of sp³-hybridized carbons (Fsp3) is 0.667. The van der Waals surface area contributed by atoms with E-state index >= 15 is 0 Å². The first-order valence-electron chi connectivity index (χ1n) is 5.24. The summed E-state index contributed by atoms with van der Waals surface area (Å²) < 4.78 is 36.2. The third-order valence-electron chi connectivity index (χ3n) is 2.28. The van der Waals surface area contributed by atoms with E-state index < -0.39 is 16.7 Å². The van der Waals surface area contributed by atoms with Gasteiger partial charge in [0.25, 0.3) is 0 Å². The molecule has 1 atom stereocenters. The minimum Gasteiger partial charge on any atom is -0.300 e. The first-order valence-corrected chi connectivity index (χ1v) is 6.93. The average molecular weight is 297 g/mol. The molecule has 1 amide bonds. The quantitative estimate of drug-likeness (QED) is 0.928. The molecule has 1 N–H and O–H groups in total. The molecule has 0 aromatic carbocycles. The highest BCUT2D eigenvalue weighted by molar-refractivity contribution is 8.01. The largest absolute Gasteiger partial charge is 0.442 e. The van der Waals surface area contributed by atoms with Gasteiger partial charge >= 0.3 is 5.51 Å². The number of hydrogen-bond acceptors (Lipinski definition) is 5. The fourth-order valence-electron chi connectivity index (χ4n) is 1.24. The minimum absolute atomic E-state index is 0.261. The van der Waals surface area contributed by atoms with Crippen molar-refractivity contribution >= 4 is 34.1 Å². The van der Waals surface area contributed by atoms with Crippen LogP contribution in [0, 0.1) is 0 Å². The molecule has 0 radical (unpaired) electrons. The third kappa shape index (κ3) is 3.84. The second-order valence-corrected chi connectivity index (χ2v) is 6.33. The van der Waals surface area contributed by atoms with Crippen LogP contribution < -0.4 is 5.32 Å². The van der Waals surface area contributed by atoms with Crippen LogP contribution in [0.5, 0.6) is 0 Å². The Balaban J connectivity index is 1.89. The van der Waals surface area contributed by atoms with E-state index in [9.17, 15) is 18.0 Å². The van der Waals surface area contributed by atoms with Crippen LogP contribution in [0.2, 0.25) is 0 Å². The van der Waals surface area contributed by atoms with Gasteiger partial charge in [0, 0.05) is 5.92 Å². The van der Waals surface area contributed by atoms with Crippen LogP contribution in [0.4, 0.5) is 18.3 Å². The van der Waals surface area contributed by atoms with E-state index in [4.69, 9.17) is 0 Å². The van der Waals surface area contributed by atoms with Gasteiger partial charge in [-0.1, -0.05) is 11.3 Å². The summed E-state index contributed by atoms with van der Waals surface area (Å²) >= 11 is 0.876. The van der Waals surface area contributed by atoms with E-state index in [1.165, 1.54) is 18.3 Å². The maximum absolute atomic E-state index is 12.1. The summed E-state index contributed by atoms with van der Waals surface area (Å²) in [5.41, 5.74) is -4.42. The van der Waals surface area contributed by atoms with Crippen molar-refractivity contribution in [3.63, 3.8) is 0 Å². The van der Waals surface area contributed by atoms with E-state index in [2.05, 4.69) is 15.5 Å². The molecular weight excluding hydrogens is 287 g/mol. The van der Waals surface area contributed by atoms with Gasteiger partial charge in [-0.25, -0.2) is 0 Å². The van der Waals surface area contributed by atoms with Gasteiger partial charge in [-0.2, -0.15) is 13.2 Å². The van der Waals surface area contributed by atoms with Crippen LogP contribution >= 0.6 is 23.1 Å². The lowest BCUT2D eigenvalue weighted by Crippen LogP contribution is -2.25. The summed E-state index contributed by atoms with van der Waals surface area (Å²) in [6, 6.07) is 0. The molecule has 1 fully saturated rings. The number of nitrogens with zero attached hydrogens (tertiary/aromatic N) is 2. The Labute approximate surface area is 109 Å². The molecule has 1 unspecified atom stereocenters. The smallest absolute Gasteiger partial charge is 0.300 e. The minimum atomic E-state index is -4.42. The van der Waals surface area contributed by atoms with Crippen molar-refractivity contribution in [1.29, 1.82) is 0 Å². The summed E-state index contributed by atoms with van der Waals surface area (Å²) in [6.07, 6.45) is 2.12. The molecular formula is C9H10F3N3OS2. The molecule has 2 rings (SSSR count). The van der Waals surface area contributed by atoms with Gasteiger partial charge < -0.3 is 0 Å². The highest BCUT2D eigenvalue weighted by Crippen LogP contribution is 2.42. The SMILES string of the molecule is CC(SC(F)(F)F)C(=O)Nc1nnc(C2CC2)s1. The molecule has 9 heteroatoms. The summed E-state index contributed by atoms with van der Waals surface area (Å²) in [5, 5.41) is 9.87. The van der Waals surface area contributed by atoms with E-state index in [1.54, 1.807) is 0 Å². The second-order valence-electron chi connectivity index (χ2n) is 3.91. The van der Waals surface area contributed by atoms with Crippen molar-refractivity contribution in [3.8, 4) is 0 Å². The van der Waals surface area contributed by atoms with Gasteiger partial charge in [-0.05, 0) is 31.5 Å². The molecule has 1 aliphatic carbocycles. The number of rotatable bonds is 4. The molecule has 0 spiro atoms. The van der Waals surface area contributed by atoms with E-state index in [-0.39, 0.29) is 16.9 Å². The summed E-state index contributed by atoms with van der Waals surface area (Å²) in [6.45, 7) is 1.20. The molecule has 1 aromatic rings. The zero-order valence-electron chi connectivity index (χ0n) is 9.32. The number of nitrogens with one attached hydrogen (secondary N) is 1. The Hall–Kier alpha value is -0.830.